The molecule has 0 spiro atoms. The number of nitrogens with one attached hydrogen (secondary N) is 3. The first-order chi connectivity index (χ1) is 13.0. The van der Waals surface area contributed by atoms with Crippen LogP contribution in [-0.4, -0.2) is 65.3 Å². The number of amides is 5. The van der Waals surface area contributed by atoms with Gasteiger partial charge in [-0.15, -0.1) is 0 Å². The number of primary amides is 2. The third kappa shape index (κ3) is 10.1. The van der Waals surface area contributed by atoms with E-state index in [9.17, 15) is 28.8 Å². The van der Waals surface area contributed by atoms with Crippen LogP contribution >= 0.6 is 0 Å². The summed E-state index contributed by atoms with van der Waals surface area (Å²) in [5.74, 6) is -5.06. The Morgan fingerprint density at radius 2 is 1.32 bits per heavy atom. The normalized spacial score (nSPS) is 13.5. The van der Waals surface area contributed by atoms with Crippen LogP contribution in [0.2, 0.25) is 0 Å². The highest BCUT2D eigenvalue weighted by Gasteiger charge is 2.27. The molecule has 13 heteroatoms. The number of rotatable bonds is 13. The maximum Gasteiger partial charge on any atom is 0.326 e. The first-order valence-corrected chi connectivity index (χ1v) is 8.37. The minimum Gasteiger partial charge on any atom is -0.480 e. The lowest BCUT2D eigenvalue weighted by Gasteiger charge is -2.22. The molecule has 28 heavy (non-hydrogen) atoms. The summed E-state index contributed by atoms with van der Waals surface area (Å²) in [6.45, 7) is 0.896. The van der Waals surface area contributed by atoms with Crippen molar-refractivity contribution in [2.45, 2.75) is 50.7 Å². The Hall–Kier alpha value is -3.22. The highest BCUT2D eigenvalue weighted by Crippen LogP contribution is 2.01. The van der Waals surface area contributed by atoms with Gasteiger partial charge in [0.05, 0.1) is 6.54 Å². The zero-order valence-corrected chi connectivity index (χ0v) is 15.4. The second kappa shape index (κ2) is 12.2. The maximum absolute atomic E-state index is 12.3. The second-order valence-corrected chi connectivity index (χ2v) is 5.96. The molecule has 0 aromatic rings. The van der Waals surface area contributed by atoms with E-state index in [-0.39, 0.29) is 25.7 Å². The van der Waals surface area contributed by atoms with E-state index in [4.69, 9.17) is 22.3 Å². The van der Waals surface area contributed by atoms with Crippen LogP contribution in [-0.2, 0) is 28.8 Å². The van der Waals surface area contributed by atoms with Gasteiger partial charge in [0.2, 0.25) is 29.5 Å². The molecule has 3 atom stereocenters. The molecule has 13 nitrogen and oxygen atoms in total. The fourth-order valence-electron chi connectivity index (χ4n) is 2.03. The molecule has 0 aliphatic rings. The van der Waals surface area contributed by atoms with Gasteiger partial charge in [0.15, 0.2) is 0 Å². The van der Waals surface area contributed by atoms with Gasteiger partial charge in [-0.3, -0.25) is 24.0 Å². The van der Waals surface area contributed by atoms with E-state index in [0.29, 0.717) is 0 Å². The summed E-state index contributed by atoms with van der Waals surface area (Å²) in [6, 6.07) is -3.71. The standard InChI is InChI=1S/C15H26N6O7/c1-7(13(25)21-9(15(27)28)3-5-11(18)23)19-14(26)8(2-4-10(17)22)20-12(24)6-16/h7-9H,2-6,16H2,1H3,(H2,17,22)(H2,18,23)(H,19,26)(H,20,24)(H,21,25)(H,27,28). The van der Waals surface area contributed by atoms with Crippen LogP contribution < -0.4 is 33.2 Å². The zero-order chi connectivity index (χ0) is 21.9. The van der Waals surface area contributed by atoms with E-state index in [2.05, 4.69) is 16.0 Å². The van der Waals surface area contributed by atoms with Gasteiger partial charge in [0.25, 0.3) is 0 Å². The van der Waals surface area contributed by atoms with Crippen LogP contribution in [0.25, 0.3) is 0 Å². The van der Waals surface area contributed by atoms with Crippen molar-refractivity contribution in [1.82, 2.24) is 16.0 Å². The van der Waals surface area contributed by atoms with Gasteiger partial charge in [-0.2, -0.15) is 0 Å². The Labute approximate surface area is 160 Å². The van der Waals surface area contributed by atoms with E-state index in [1.807, 2.05) is 0 Å². The fourth-order valence-corrected chi connectivity index (χ4v) is 2.03. The van der Waals surface area contributed by atoms with Gasteiger partial charge < -0.3 is 38.3 Å². The lowest BCUT2D eigenvalue weighted by atomic mass is 10.1. The van der Waals surface area contributed by atoms with Crippen molar-refractivity contribution in [3.8, 4) is 0 Å². The molecule has 0 aliphatic heterocycles. The number of carbonyl (C=O) groups excluding carboxylic acids is 5. The molecule has 0 heterocycles. The Kier molecular flexibility index (Phi) is 10.8. The summed E-state index contributed by atoms with van der Waals surface area (Å²) >= 11 is 0. The Balaban J connectivity index is 4.91. The molecule has 0 saturated carbocycles. The molecule has 0 fully saturated rings. The van der Waals surface area contributed by atoms with Gasteiger partial charge in [0.1, 0.15) is 18.1 Å². The van der Waals surface area contributed by atoms with Crippen LogP contribution in [0.1, 0.15) is 32.6 Å². The molecule has 10 N–H and O–H groups in total. The number of aliphatic carboxylic acids is 1. The van der Waals surface area contributed by atoms with Crippen molar-refractivity contribution < 1.29 is 33.9 Å². The largest absolute Gasteiger partial charge is 0.480 e. The Morgan fingerprint density at radius 1 is 0.821 bits per heavy atom. The highest BCUT2D eigenvalue weighted by molar-refractivity contribution is 5.93. The van der Waals surface area contributed by atoms with Crippen LogP contribution in [0, 0.1) is 0 Å². The number of carbonyl (C=O) groups is 6. The number of carboxylic acids is 1. The third-order valence-corrected chi connectivity index (χ3v) is 3.56. The van der Waals surface area contributed by atoms with E-state index in [1.165, 1.54) is 6.92 Å². The van der Waals surface area contributed by atoms with E-state index < -0.39 is 60.2 Å². The first-order valence-electron chi connectivity index (χ1n) is 8.37. The summed E-state index contributed by atoms with van der Waals surface area (Å²) in [5, 5.41) is 15.8. The maximum atomic E-state index is 12.3. The molecule has 158 valence electrons. The molecule has 0 bridgehead atoms. The topological polar surface area (TPSA) is 237 Å². The first kappa shape index (κ1) is 24.8. The van der Waals surface area contributed by atoms with Crippen molar-refractivity contribution in [2.75, 3.05) is 6.54 Å². The SMILES string of the molecule is CC(NC(=O)C(CCC(N)=O)NC(=O)CN)C(=O)NC(CCC(N)=O)C(=O)O. The number of hydrogen-bond donors (Lipinski definition) is 7. The molecular weight excluding hydrogens is 376 g/mol. The second-order valence-electron chi connectivity index (χ2n) is 5.96. The summed E-state index contributed by atoms with van der Waals surface area (Å²) in [6.07, 6.45) is -0.779. The fraction of sp³-hybridized carbons (Fsp3) is 0.600. The molecular formula is C15H26N6O7. The average Bonchev–Trinajstić information content (AvgIpc) is 2.60. The van der Waals surface area contributed by atoms with E-state index >= 15 is 0 Å². The van der Waals surface area contributed by atoms with E-state index in [1.54, 1.807) is 0 Å². The van der Waals surface area contributed by atoms with Crippen LogP contribution in [0.4, 0.5) is 0 Å². The number of nitrogens with two attached hydrogens (primary N) is 3. The van der Waals surface area contributed by atoms with Crippen molar-refractivity contribution >= 4 is 35.5 Å². The molecule has 0 rings (SSSR count). The molecule has 0 aliphatic carbocycles. The highest BCUT2D eigenvalue weighted by atomic mass is 16.4. The molecule has 5 amide bonds. The minimum absolute atomic E-state index is 0.113. The van der Waals surface area contributed by atoms with Crippen LogP contribution in [0.15, 0.2) is 0 Å². The van der Waals surface area contributed by atoms with Gasteiger partial charge in [0, 0.05) is 12.8 Å². The Morgan fingerprint density at radius 3 is 1.75 bits per heavy atom. The van der Waals surface area contributed by atoms with Gasteiger partial charge in [-0.1, -0.05) is 0 Å². The molecule has 0 radical (unpaired) electrons. The summed E-state index contributed by atoms with van der Waals surface area (Å²) < 4.78 is 0. The molecule has 0 saturated heterocycles. The zero-order valence-electron chi connectivity index (χ0n) is 15.4. The Bertz CT molecular complexity index is 624. The number of hydrogen-bond acceptors (Lipinski definition) is 7. The smallest absolute Gasteiger partial charge is 0.326 e. The van der Waals surface area contributed by atoms with E-state index in [0.717, 1.165) is 0 Å². The third-order valence-electron chi connectivity index (χ3n) is 3.56. The minimum atomic E-state index is -1.37. The van der Waals surface area contributed by atoms with Crippen LogP contribution in [0.5, 0.6) is 0 Å². The quantitative estimate of drug-likeness (QED) is 0.160. The lowest BCUT2D eigenvalue weighted by molar-refractivity contribution is -0.142. The van der Waals surface area contributed by atoms with Gasteiger partial charge in [-0.05, 0) is 19.8 Å². The predicted molar refractivity (Wildman–Crippen MR) is 95.0 cm³/mol. The van der Waals surface area contributed by atoms with Crippen molar-refractivity contribution in [3.63, 3.8) is 0 Å². The molecule has 0 aromatic heterocycles. The number of carboxylic acid groups (broad SMARTS) is 1. The summed E-state index contributed by atoms with van der Waals surface area (Å²) in [7, 11) is 0. The summed E-state index contributed by atoms with van der Waals surface area (Å²) in [4.78, 5) is 68.6. The van der Waals surface area contributed by atoms with Crippen molar-refractivity contribution in [2.24, 2.45) is 17.2 Å². The average molecular weight is 402 g/mol. The lowest BCUT2D eigenvalue weighted by Crippen LogP contribution is -2.55. The molecule has 0 aromatic carbocycles. The predicted octanol–water partition coefficient (Wildman–Crippen LogP) is -3.96. The van der Waals surface area contributed by atoms with Gasteiger partial charge in [-0.25, -0.2) is 4.79 Å². The van der Waals surface area contributed by atoms with Gasteiger partial charge >= 0.3 is 5.97 Å². The van der Waals surface area contributed by atoms with Crippen molar-refractivity contribution in [1.29, 1.82) is 0 Å². The van der Waals surface area contributed by atoms with Crippen LogP contribution in [0.3, 0.4) is 0 Å². The van der Waals surface area contributed by atoms with Crippen molar-refractivity contribution in [3.05, 3.63) is 0 Å². The molecule has 3 unspecified atom stereocenters. The summed E-state index contributed by atoms with van der Waals surface area (Å²) in [5.41, 5.74) is 15.2. The monoisotopic (exact) mass is 402 g/mol.